The van der Waals surface area contributed by atoms with Gasteiger partial charge in [0.1, 0.15) is 5.69 Å². The molecular weight excluding hydrogens is 211 g/mol. The highest BCUT2D eigenvalue weighted by atomic mass is 19.1. The number of amides is 1. The number of halogens is 1. The van der Waals surface area contributed by atoms with Crippen molar-refractivity contribution < 1.29 is 14.3 Å². The van der Waals surface area contributed by atoms with Crippen molar-refractivity contribution in [3.63, 3.8) is 0 Å². The van der Waals surface area contributed by atoms with Crippen LogP contribution >= 0.6 is 0 Å². The number of aliphatic hydroxyl groups is 1. The molecule has 1 unspecified atom stereocenters. The highest BCUT2D eigenvalue weighted by molar-refractivity contribution is 5.92. The Hall–Kier alpha value is -1.49. The molecule has 1 N–H and O–H groups in total. The lowest BCUT2D eigenvalue weighted by molar-refractivity contribution is 0.0775. The lowest BCUT2D eigenvalue weighted by atomic mass is 10.1. The van der Waals surface area contributed by atoms with Gasteiger partial charge in [-0.05, 0) is 18.6 Å². The second-order valence-corrected chi connectivity index (χ2v) is 3.93. The van der Waals surface area contributed by atoms with E-state index in [2.05, 4.69) is 4.98 Å². The van der Waals surface area contributed by atoms with Crippen LogP contribution in [0.2, 0.25) is 0 Å². The first-order valence-electron chi connectivity index (χ1n) is 5.23. The van der Waals surface area contributed by atoms with E-state index < -0.39 is 5.95 Å². The van der Waals surface area contributed by atoms with E-state index >= 15 is 0 Å². The quantitative estimate of drug-likeness (QED) is 0.751. The first-order chi connectivity index (χ1) is 7.70. The van der Waals surface area contributed by atoms with Gasteiger partial charge < -0.3 is 10.0 Å². The van der Waals surface area contributed by atoms with Crippen LogP contribution in [-0.4, -0.2) is 40.6 Å². The van der Waals surface area contributed by atoms with Crippen molar-refractivity contribution in [1.29, 1.82) is 0 Å². The Kier molecular flexibility index (Phi) is 3.14. The van der Waals surface area contributed by atoms with E-state index in [9.17, 15) is 9.18 Å². The smallest absolute Gasteiger partial charge is 0.272 e. The van der Waals surface area contributed by atoms with Gasteiger partial charge in [-0.3, -0.25) is 4.79 Å². The molecule has 0 bridgehead atoms. The van der Waals surface area contributed by atoms with Gasteiger partial charge in [0.05, 0.1) is 0 Å². The maximum Gasteiger partial charge on any atom is 0.272 e. The zero-order valence-corrected chi connectivity index (χ0v) is 8.77. The molecule has 0 spiro atoms. The van der Waals surface area contributed by atoms with Crippen LogP contribution in [-0.2, 0) is 0 Å². The van der Waals surface area contributed by atoms with Crippen LogP contribution < -0.4 is 0 Å². The number of aliphatic hydroxyl groups excluding tert-OH is 1. The Morgan fingerprint density at radius 1 is 1.62 bits per heavy atom. The van der Waals surface area contributed by atoms with Gasteiger partial charge in [0.2, 0.25) is 5.95 Å². The van der Waals surface area contributed by atoms with Gasteiger partial charge in [-0.1, -0.05) is 6.07 Å². The molecule has 1 amide bonds. The molecule has 1 fully saturated rings. The molecule has 5 heteroatoms. The van der Waals surface area contributed by atoms with Crippen LogP contribution in [0.15, 0.2) is 18.2 Å². The van der Waals surface area contributed by atoms with Gasteiger partial charge in [0.15, 0.2) is 0 Å². The fourth-order valence-electron chi connectivity index (χ4n) is 1.86. The number of pyridine rings is 1. The van der Waals surface area contributed by atoms with Crippen molar-refractivity contribution in [1.82, 2.24) is 9.88 Å². The Balaban J connectivity index is 2.08. The molecule has 1 aromatic rings. The molecule has 0 saturated carbocycles. The van der Waals surface area contributed by atoms with E-state index in [1.165, 1.54) is 18.2 Å². The summed E-state index contributed by atoms with van der Waals surface area (Å²) in [7, 11) is 0. The highest BCUT2D eigenvalue weighted by Crippen LogP contribution is 2.17. The molecule has 2 rings (SSSR count). The van der Waals surface area contributed by atoms with E-state index in [0.717, 1.165) is 6.42 Å². The molecule has 1 aromatic heterocycles. The molecule has 1 aliphatic heterocycles. The molecule has 1 atom stereocenters. The van der Waals surface area contributed by atoms with Crippen molar-refractivity contribution in [3.05, 3.63) is 29.8 Å². The molecule has 86 valence electrons. The Morgan fingerprint density at radius 2 is 2.44 bits per heavy atom. The van der Waals surface area contributed by atoms with Gasteiger partial charge in [0.25, 0.3) is 5.91 Å². The average Bonchev–Trinajstić information content (AvgIpc) is 2.76. The number of rotatable bonds is 2. The number of nitrogens with zero attached hydrogens (tertiary/aromatic N) is 2. The summed E-state index contributed by atoms with van der Waals surface area (Å²) in [5, 5.41) is 8.97. The van der Waals surface area contributed by atoms with Crippen LogP contribution in [0.5, 0.6) is 0 Å². The Bertz CT molecular complexity index is 397. The van der Waals surface area contributed by atoms with Crippen LogP contribution in [0.1, 0.15) is 16.9 Å². The second-order valence-electron chi connectivity index (χ2n) is 3.93. The molecule has 2 heterocycles. The number of hydrogen-bond donors (Lipinski definition) is 1. The monoisotopic (exact) mass is 224 g/mol. The zero-order chi connectivity index (χ0) is 11.5. The second kappa shape index (κ2) is 4.57. The fraction of sp³-hybridized carbons (Fsp3) is 0.455. The summed E-state index contributed by atoms with van der Waals surface area (Å²) < 4.78 is 12.8. The predicted octanol–water partition coefficient (Wildman–Crippen LogP) is 0.675. The lowest BCUT2D eigenvalue weighted by Crippen LogP contribution is -2.29. The summed E-state index contributed by atoms with van der Waals surface area (Å²) in [6.07, 6.45) is 0.789. The molecule has 4 nitrogen and oxygen atoms in total. The first kappa shape index (κ1) is 11.0. The summed E-state index contributed by atoms with van der Waals surface area (Å²) in [6, 6.07) is 4.17. The van der Waals surface area contributed by atoms with Crippen molar-refractivity contribution in [2.24, 2.45) is 5.92 Å². The van der Waals surface area contributed by atoms with Gasteiger partial charge in [-0.15, -0.1) is 0 Å². The average molecular weight is 224 g/mol. The van der Waals surface area contributed by atoms with Gasteiger partial charge in [-0.25, -0.2) is 4.98 Å². The van der Waals surface area contributed by atoms with Gasteiger partial charge in [-0.2, -0.15) is 4.39 Å². The third-order valence-corrected chi connectivity index (χ3v) is 2.77. The molecule has 0 aromatic carbocycles. The molecular formula is C11H13FN2O2. The van der Waals surface area contributed by atoms with E-state index in [1.807, 2.05) is 0 Å². The minimum absolute atomic E-state index is 0.0837. The SMILES string of the molecule is O=C(c1cccc(F)n1)N1CCC(CO)C1. The van der Waals surface area contributed by atoms with Crippen molar-refractivity contribution in [3.8, 4) is 0 Å². The predicted molar refractivity (Wildman–Crippen MR) is 55.3 cm³/mol. The van der Waals surface area contributed by atoms with E-state index in [4.69, 9.17) is 5.11 Å². The van der Waals surface area contributed by atoms with E-state index in [1.54, 1.807) is 4.90 Å². The normalized spacial score (nSPS) is 20.1. The number of hydrogen-bond acceptors (Lipinski definition) is 3. The van der Waals surface area contributed by atoms with Crippen LogP contribution in [0, 0.1) is 11.9 Å². The Morgan fingerprint density at radius 3 is 3.06 bits per heavy atom. The minimum Gasteiger partial charge on any atom is -0.396 e. The van der Waals surface area contributed by atoms with Crippen molar-refractivity contribution in [2.45, 2.75) is 6.42 Å². The number of aromatic nitrogens is 1. The third-order valence-electron chi connectivity index (χ3n) is 2.77. The largest absolute Gasteiger partial charge is 0.396 e. The maximum absolute atomic E-state index is 12.8. The van der Waals surface area contributed by atoms with Crippen LogP contribution in [0.4, 0.5) is 4.39 Å². The number of likely N-dealkylation sites (tertiary alicyclic amines) is 1. The van der Waals surface area contributed by atoms with E-state index in [-0.39, 0.29) is 24.1 Å². The molecule has 1 aliphatic rings. The van der Waals surface area contributed by atoms with E-state index in [0.29, 0.717) is 13.1 Å². The molecule has 0 radical (unpaired) electrons. The third kappa shape index (κ3) is 2.19. The van der Waals surface area contributed by atoms with Crippen molar-refractivity contribution in [2.75, 3.05) is 19.7 Å². The summed E-state index contributed by atoms with van der Waals surface area (Å²) in [4.78, 5) is 17.0. The zero-order valence-electron chi connectivity index (χ0n) is 8.77. The maximum atomic E-state index is 12.8. The summed E-state index contributed by atoms with van der Waals surface area (Å²) >= 11 is 0. The number of carbonyl (C=O) groups is 1. The summed E-state index contributed by atoms with van der Waals surface area (Å²) in [6.45, 7) is 1.20. The molecule has 16 heavy (non-hydrogen) atoms. The molecule has 1 saturated heterocycles. The fourth-order valence-corrected chi connectivity index (χ4v) is 1.86. The van der Waals surface area contributed by atoms with Gasteiger partial charge in [0, 0.05) is 25.6 Å². The minimum atomic E-state index is -0.649. The lowest BCUT2D eigenvalue weighted by Gasteiger charge is -2.15. The first-order valence-corrected chi connectivity index (χ1v) is 5.23. The molecule has 0 aliphatic carbocycles. The topological polar surface area (TPSA) is 53.4 Å². The Labute approximate surface area is 92.7 Å². The van der Waals surface area contributed by atoms with Crippen molar-refractivity contribution >= 4 is 5.91 Å². The van der Waals surface area contributed by atoms with Crippen LogP contribution in [0.25, 0.3) is 0 Å². The van der Waals surface area contributed by atoms with Crippen LogP contribution in [0.3, 0.4) is 0 Å². The number of carbonyl (C=O) groups excluding carboxylic acids is 1. The summed E-state index contributed by atoms with van der Waals surface area (Å²) in [5.74, 6) is -0.781. The van der Waals surface area contributed by atoms with Gasteiger partial charge >= 0.3 is 0 Å². The standard InChI is InChI=1S/C11H13FN2O2/c12-10-3-1-2-9(13-10)11(16)14-5-4-8(6-14)7-15/h1-3,8,15H,4-7H2. The highest BCUT2D eigenvalue weighted by Gasteiger charge is 2.27. The summed E-state index contributed by atoms with van der Waals surface area (Å²) in [5.41, 5.74) is 0.124.